The first kappa shape index (κ1) is 17.8. The van der Waals surface area contributed by atoms with Crippen LogP contribution in [0.4, 0.5) is 0 Å². The van der Waals surface area contributed by atoms with E-state index in [2.05, 4.69) is 0 Å². The maximum atomic E-state index is 12.2. The summed E-state index contributed by atoms with van der Waals surface area (Å²) >= 11 is 11.8. The number of ether oxygens (including phenoxy) is 2. The first-order valence-corrected chi connectivity index (χ1v) is 7.25. The van der Waals surface area contributed by atoms with Crippen LogP contribution in [-0.2, 0) is 14.3 Å². The van der Waals surface area contributed by atoms with E-state index in [0.29, 0.717) is 0 Å². The predicted molar refractivity (Wildman–Crippen MR) is 81.7 cm³/mol. The molecule has 0 saturated carbocycles. The van der Waals surface area contributed by atoms with E-state index >= 15 is 0 Å². The molecule has 0 aliphatic heterocycles. The van der Waals surface area contributed by atoms with E-state index in [1.165, 1.54) is 19.9 Å². The van der Waals surface area contributed by atoms with Crippen molar-refractivity contribution in [2.45, 2.75) is 27.7 Å². The zero-order chi connectivity index (χ0) is 16.2. The standard InChI is InChI=1S/C15H18Cl2O4/c1-9(2)8-20-13(18)15(3,4)14(19)21-11-7-5-6-10(16)12(11)17/h5-7,9H,8H2,1-4H3. The highest BCUT2D eigenvalue weighted by molar-refractivity contribution is 6.43. The summed E-state index contributed by atoms with van der Waals surface area (Å²) in [5.74, 6) is -1.10. The van der Waals surface area contributed by atoms with Crippen molar-refractivity contribution in [3.05, 3.63) is 28.2 Å². The molecule has 21 heavy (non-hydrogen) atoms. The van der Waals surface area contributed by atoms with Crippen LogP contribution in [0.2, 0.25) is 10.0 Å². The lowest BCUT2D eigenvalue weighted by Gasteiger charge is -2.21. The molecule has 0 unspecified atom stereocenters. The number of rotatable bonds is 5. The molecule has 0 N–H and O–H groups in total. The van der Waals surface area contributed by atoms with Gasteiger partial charge >= 0.3 is 11.9 Å². The smallest absolute Gasteiger partial charge is 0.328 e. The fraction of sp³-hybridized carbons (Fsp3) is 0.467. The van der Waals surface area contributed by atoms with Crippen LogP contribution in [0.25, 0.3) is 0 Å². The van der Waals surface area contributed by atoms with Crippen molar-refractivity contribution < 1.29 is 19.1 Å². The third-order valence-corrected chi connectivity index (χ3v) is 3.49. The monoisotopic (exact) mass is 332 g/mol. The number of halogens is 2. The molecule has 116 valence electrons. The van der Waals surface area contributed by atoms with Gasteiger partial charge in [-0.15, -0.1) is 0 Å². The van der Waals surface area contributed by atoms with Gasteiger partial charge in [0.2, 0.25) is 0 Å². The van der Waals surface area contributed by atoms with Gasteiger partial charge in [0.25, 0.3) is 0 Å². The van der Waals surface area contributed by atoms with Crippen LogP contribution in [0.5, 0.6) is 5.75 Å². The summed E-state index contributed by atoms with van der Waals surface area (Å²) in [5.41, 5.74) is -1.43. The SMILES string of the molecule is CC(C)COC(=O)C(C)(C)C(=O)Oc1cccc(Cl)c1Cl. The third-order valence-electron chi connectivity index (χ3n) is 2.69. The molecule has 0 atom stereocenters. The molecule has 0 aliphatic rings. The maximum absolute atomic E-state index is 12.2. The summed E-state index contributed by atoms with van der Waals surface area (Å²) in [6.07, 6.45) is 0. The third kappa shape index (κ3) is 4.61. The molecular weight excluding hydrogens is 315 g/mol. The molecular formula is C15H18Cl2O4. The van der Waals surface area contributed by atoms with Gasteiger partial charge in [-0.1, -0.05) is 43.1 Å². The number of carbonyl (C=O) groups is 2. The highest BCUT2D eigenvalue weighted by atomic mass is 35.5. The van der Waals surface area contributed by atoms with Gasteiger partial charge in [0, 0.05) is 0 Å². The van der Waals surface area contributed by atoms with E-state index in [-0.39, 0.29) is 28.3 Å². The van der Waals surface area contributed by atoms with Crippen LogP contribution in [0, 0.1) is 11.3 Å². The van der Waals surface area contributed by atoms with Crippen LogP contribution in [-0.4, -0.2) is 18.5 Å². The van der Waals surface area contributed by atoms with Crippen LogP contribution in [0.1, 0.15) is 27.7 Å². The van der Waals surface area contributed by atoms with E-state index in [9.17, 15) is 9.59 Å². The minimum Gasteiger partial charge on any atom is -0.465 e. The lowest BCUT2D eigenvalue weighted by atomic mass is 9.94. The second-order valence-corrected chi connectivity index (χ2v) is 6.34. The molecule has 0 spiro atoms. The summed E-state index contributed by atoms with van der Waals surface area (Å²) in [6, 6.07) is 4.67. The molecule has 0 heterocycles. The van der Waals surface area contributed by atoms with Gasteiger partial charge in [0.15, 0.2) is 11.2 Å². The Kier molecular flexibility index (Phi) is 6.05. The maximum Gasteiger partial charge on any atom is 0.328 e. The van der Waals surface area contributed by atoms with Gasteiger partial charge in [-0.2, -0.15) is 0 Å². The number of hydrogen-bond acceptors (Lipinski definition) is 4. The Hall–Kier alpha value is -1.26. The molecule has 4 nitrogen and oxygen atoms in total. The fourth-order valence-corrected chi connectivity index (χ4v) is 1.63. The Morgan fingerprint density at radius 3 is 2.38 bits per heavy atom. The zero-order valence-electron chi connectivity index (χ0n) is 12.4. The van der Waals surface area contributed by atoms with E-state index in [1.54, 1.807) is 12.1 Å². The first-order valence-electron chi connectivity index (χ1n) is 6.49. The van der Waals surface area contributed by atoms with Crippen LogP contribution in [0.3, 0.4) is 0 Å². The van der Waals surface area contributed by atoms with Crippen molar-refractivity contribution in [1.29, 1.82) is 0 Å². The molecule has 1 aromatic rings. The Bertz CT molecular complexity index is 538. The number of esters is 2. The molecule has 0 aromatic heterocycles. The van der Waals surface area contributed by atoms with E-state index in [1.807, 2.05) is 13.8 Å². The second-order valence-electron chi connectivity index (χ2n) is 5.56. The summed E-state index contributed by atoms with van der Waals surface area (Å²) in [5, 5.41) is 0.390. The van der Waals surface area contributed by atoms with E-state index in [0.717, 1.165) is 0 Å². The molecule has 6 heteroatoms. The van der Waals surface area contributed by atoms with Gasteiger partial charge in [0.05, 0.1) is 11.6 Å². The Morgan fingerprint density at radius 1 is 1.19 bits per heavy atom. The number of benzene rings is 1. The van der Waals surface area contributed by atoms with E-state index < -0.39 is 17.4 Å². The van der Waals surface area contributed by atoms with Crippen molar-refractivity contribution in [3.8, 4) is 5.75 Å². The number of hydrogen-bond donors (Lipinski definition) is 0. The Morgan fingerprint density at radius 2 is 1.81 bits per heavy atom. The molecule has 0 saturated heterocycles. The second kappa shape index (κ2) is 7.14. The highest BCUT2D eigenvalue weighted by Crippen LogP contribution is 2.33. The van der Waals surface area contributed by atoms with Gasteiger partial charge in [-0.25, -0.2) is 0 Å². The van der Waals surface area contributed by atoms with Crippen molar-refractivity contribution in [1.82, 2.24) is 0 Å². The minimum absolute atomic E-state index is 0.110. The van der Waals surface area contributed by atoms with Gasteiger partial charge < -0.3 is 9.47 Å². The molecule has 0 radical (unpaired) electrons. The highest BCUT2D eigenvalue weighted by Gasteiger charge is 2.40. The average Bonchev–Trinajstić information content (AvgIpc) is 2.40. The summed E-state index contributed by atoms with van der Waals surface area (Å²) in [6.45, 7) is 6.94. The molecule has 0 bridgehead atoms. The van der Waals surface area contributed by atoms with Crippen molar-refractivity contribution >= 4 is 35.1 Å². The van der Waals surface area contributed by atoms with Gasteiger partial charge in [-0.3, -0.25) is 9.59 Å². The van der Waals surface area contributed by atoms with E-state index in [4.69, 9.17) is 32.7 Å². The molecule has 0 fully saturated rings. The normalized spacial score (nSPS) is 11.4. The fourth-order valence-electron chi connectivity index (χ4n) is 1.30. The predicted octanol–water partition coefficient (Wildman–Crippen LogP) is 4.12. The lowest BCUT2D eigenvalue weighted by molar-refractivity contribution is -0.165. The van der Waals surface area contributed by atoms with Crippen LogP contribution < -0.4 is 4.74 Å². The topological polar surface area (TPSA) is 52.6 Å². The summed E-state index contributed by atoms with van der Waals surface area (Å²) < 4.78 is 10.2. The van der Waals surface area contributed by atoms with Crippen LogP contribution >= 0.6 is 23.2 Å². The first-order chi connectivity index (χ1) is 9.66. The van der Waals surface area contributed by atoms with Gasteiger partial charge in [0.1, 0.15) is 5.02 Å². The quantitative estimate of drug-likeness (QED) is 0.462. The summed E-state index contributed by atoms with van der Waals surface area (Å²) in [4.78, 5) is 24.1. The lowest BCUT2D eigenvalue weighted by Crippen LogP contribution is -2.38. The largest absolute Gasteiger partial charge is 0.465 e. The molecule has 0 amide bonds. The molecule has 1 aromatic carbocycles. The molecule has 0 aliphatic carbocycles. The van der Waals surface area contributed by atoms with Gasteiger partial charge in [-0.05, 0) is 31.9 Å². The van der Waals surface area contributed by atoms with Crippen molar-refractivity contribution in [2.75, 3.05) is 6.61 Å². The van der Waals surface area contributed by atoms with Crippen LogP contribution in [0.15, 0.2) is 18.2 Å². The van der Waals surface area contributed by atoms with Crippen molar-refractivity contribution in [3.63, 3.8) is 0 Å². The Balaban J connectivity index is 2.81. The zero-order valence-corrected chi connectivity index (χ0v) is 13.9. The minimum atomic E-state index is -1.43. The Labute approximate surface area is 134 Å². The summed E-state index contributed by atoms with van der Waals surface area (Å²) in [7, 11) is 0. The van der Waals surface area contributed by atoms with Crippen molar-refractivity contribution in [2.24, 2.45) is 11.3 Å². The molecule has 1 rings (SSSR count). The number of carbonyl (C=O) groups excluding carboxylic acids is 2. The average molecular weight is 333 g/mol.